The van der Waals surface area contributed by atoms with Gasteiger partial charge in [-0.3, -0.25) is 4.79 Å². The van der Waals surface area contributed by atoms with Crippen LogP contribution in [-0.2, 0) is 14.8 Å². The molecule has 0 atom stereocenters. The minimum absolute atomic E-state index is 0.0442. The molecule has 0 heterocycles. The number of hydrogen-bond donors (Lipinski definition) is 1. The highest BCUT2D eigenvalue weighted by Gasteiger charge is 2.19. The van der Waals surface area contributed by atoms with Crippen molar-refractivity contribution >= 4 is 44.8 Å². The number of rotatable bonds is 6. The van der Waals surface area contributed by atoms with E-state index in [9.17, 15) is 13.2 Å². The average Bonchev–Trinajstić information content (AvgIpc) is 2.32. The molecule has 0 aliphatic heterocycles. The van der Waals surface area contributed by atoms with Gasteiger partial charge in [0.1, 0.15) is 0 Å². The van der Waals surface area contributed by atoms with E-state index in [0.717, 1.165) is 10.6 Å². The number of carbonyl (C=O) groups excluding carboxylic acids is 1. The van der Waals surface area contributed by atoms with Gasteiger partial charge in [0.25, 0.3) is 0 Å². The van der Waals surface area contributed by atoms with Gasteiger partial charge in [-0.1, -0.05) is 35.3 Å². The van der Waals surface area contributed by atoms with Crippen LogP contribution in [0, 0.1) is 0 Å². The van der Waals surface area contributed by atoms with Crippen LogP contribution < -0.4 is 5.32 Å². The number of halogens is 2. The van der Waals surface area contributed by atoms with Crippen molar-refractivity contribution in [1.82, 2.24) is 4.31 Å². The van der Waals surface area contributed by atoms with E-state index in [1.165, 1.54) is 6.08 Å². The lowest BCUT2D eigenvalue weighted by molar-refractivity contribution is -0.116. The number of amides is 1. The molecule has 1 amide bonds. The summed E-state index contributed by atoms with van der Waals surface area (Å²) in [5.74, 6) is -0.535. The first-order chi connectivity index (χ1) is 9.25. The monoisotopic (exact) mass is 336 g/mol. The van der Waals surface area contributed by atoms with Gasteiger partial charge in [-0.2, -0.15) is 4.31 Å². The second-order valence-electron chi connectivity index (χ2n) is 3.99. The summed E-state index contributed by atoms with van der Waals surface area (Å²) >= 11 is 11.8. The molecule has 8 heteroatoms. The zero-order valence-corrected chi connectivity index (χ0v) is 13.1. The molecule has 0 aliphatic carbocycles. The second-order valence-corrected chi connectivity index (χ2v) is 6.79. The van der Waals surface area contributed by atoms with Crippen molar-refractivity contribution in [2.75, 3.05) is 24.7 Å². The first kappa shape index (κ1) is 17.0. The molecule has 0 aliphatic rings. The van der Waals surface area contributed by atoms with Crippen molar-refractivity contribution in [3.8, 4) is 0 Å². The predicted molar refractivity (Wildman–Crippen MR) is 81.7 cm³/mol. The molecule has 1 rings (SSSR count). The Morgan fingerprint density at radius 3 is 2.40 bits per heavy atom. The van der Waals surface area contributed by atoms with Crippen LogP contribution in [0.5, 0.6) is 0 Å². The van der Waals surface area contributed by atoms with E-state index in [2.05, 4.69) is 11.9 Å². The standard InChI is InChI=1S/C12H14Cl2N2O3S/c1-3-7-16(20(2,18)19)8-11(17)15-12-9(13)5-4-6-10(12)14/h3-6H,1,7-8H2,2H3,(H,15,17). The summed E-state index contributed by atoms with van der Waals surface area (Å²) in [6.07, 6.45) is 2.42. The lowest BCUT2D eigenvalue weighted by atomic mass is 10.3. The fourth-order valence-electron chi connectivity index (χ4n) is 1.42. The van der Waals surface area contributed by atoms with E-state index in [1.807, 2.05) is 0 Å². The van der Waals surface area contributed by atoms with Crippen molar-refractivity contribution < 1.29 is 13.2 Å². The number of para-hydroxylation sites is 1. The van der Waals surface area contributed by atoms with E-state index < -0.39 is 15.9 Å². The Bertz CT molecular complexity index is 597. The number of sulfonamides is 1. The lowest BCUT2D eigenvalue weighted by Gasteiger charge is -2.18. The highest BCUT2D eigenvalue weighted by Crippen LogP contribution is 2.29. The quantitative estimate of drug-likeness (QED) is 0.811. The number of carbonyl (C=O) groups is 1. The number of hydrogen-bond acceptors (Lipinski definition) is 3. The van der Waals surface area contributed by atoms with E-state index >= 15 is 0 Å². The topological polar surface area (TPSA) is 66.5 Å². The molecule has 0 bridgehead atoms. The Balaban J connectivity index is 2.84. The summed E-state index contributed by atoms with van der Waals surface area (Å²) in [7, 11) is -3.50. The Labute approximate surface area is 128 Å². The van der Waals surface area contributed by atoms with Crippen LogP contribution >= 0.6 is 23.2 Å². The third kappa shape index (κ3) is 4.79. The van der Waals surface area contributed by atoms with E-state index in [1.54, 1.807) is 18.2 Å². The van der Waals surface area contributed by atoms with E-state index in [4.69, 9.17) is 23.2 Å². The molecule has 1 N–H and O–H groups in total. The summed E-state index contributed by atoms with van der Waals surface area (Å²) in [5, 5.41) is 3.05. The van der Waals surface area contributed by atoms with E-state index in [-0.39, 0.29) is 28.8 Å². The Morgan fingerprint density at radius 2 is 1.95 bits per heavy atom. The normalized spacial score (nSPS) is 11.4. The summed E-state index contributed by atoms with van der Waals surface area (Å²) < 4.78 is 24.0. The second kappa shape index (κ2) is 7.08. The van der Waals surface area contributed by atoms with Crippen molar-refractivity contribution in [2.24, 2.45) is 0 Å². The number of nitrogens with one attached hydrogen (secondary N) is 1. The minimum atomic E-state index is -3.50. The summed E-state index contributed by atoms with van der Waals surface area (Å²) in [6, 6.07) is 4.78. The van der Waals surface area contributed by atoms with Gasteiger partial charge in [-0.15, -0.1) is 6.58 Å². The van der Waals surface area contributed by atoms with Crippen LogP contribution in [0.25, 0.3) is 0 Å². The first-order valence-corrected chi connectivity index (χ1v) is 8.16. The molecule has 0 radical (unpaired) electrons. The smallest absolute Gasteiger partial charge is 0.239 e. The Morgan fingerprint density at radius 1 is 1.40 bits per heavy atom. The largest absolute Gasteiger partial charge is 0.322 e. The molecule has 0 saturated heterocycles. The molecule has 20 heavy (non-hydrogen) atoms. The fraction of sp³-hybridized carbons (Fsp3) is 0.250. The van der Waals surface area contributed by atoms with Crippen molar-refractivity contribution in [2.45, 2.75) is 0 Å². The zero-order chi connectivity index (χ0) is 15.3. The van der Waals surface area contributed by atoms with Crippen LogP contribution in [0.4, 0.5) is 5.69 Å². The summed E-state index contributed by atoms with van der Waals surface area (Å²) in [4.78, 5) is 11.9. The van der Waals surface area contributed by atoms with Crippen LogP contribution in [0.15, 0.2) is 30.9 Å². The molecule has 1 aromatic rings. The zero-order valence-electron chi connectivity index (χ0n) is 10.8. The molecule has 5 nitrogen and oxygen atoms in total. The SMILES string of the molecule is C=CCN(CC(=O)Nc1c(Cl)cccc1Cl)S(C)(=O)=O. The summed E-state index contributed by atoms with van der Waals surface area (Å²) in [5.41, 5.74) is 0.257. The van der Waals surface area contributed by atoms with Crippen LogP contribution in [-0.4, -0.2) is 38.0 Å². The molecule has 0 saturated carbocycles. The van der Waals surface area contributed by atoms with Crippen LogP contribution in [0.1, 0.15) is 0 Å². The van der Waals surface area contributed by atoms with Crippen LogP contribution in [0.3, 0.4) is 0 Å². The highest BCUT2D eigenvalue weighted by atomic mass is 35.5. The molecule has 0 unspecified atom stereocenters. The Hall–Kier alpha value is -1.08. The molecule has 1 aromatic carbocycles. The van der Waals surface area contributed by atoms with Gasteiger partial charge < -0.3 is 5.32 Å². The molecule has 0 spiro atoms. The predicted octanol–water partition coefficient (Wildman–Crippen LogP) is 2.38. The highest BCUT2D eigenvalue weighted by molar-refractivity contribution is 7.88. The third-order valence-corrected chi connectivity index (χ3v) is 4.20. The van der Waals surface area contributed by atoms with Crippen LogP contribution in [0.2, 0.25) is 10.0 Å². The maximum Gasteiger partial charge on any atom is 0.239 e. The van der Waals surface area contributed by atoms with Crippen molar-refractivity contribution in [3.05, 3.63) is 40.9 Å². The average molecular weight is 337 g/mol. The molecular formula is C12H14Cl2N2O3S. The molecule has 0 fully saturated rings. The van der Waals surface area contributed by atoms with Gasteiger partial charge in [-0.25, -0.2) is 8.42 Å². The number of nitrogens with zero attached hydrogens (tertiary/aromatic N) is 1. The first-order valence-electron chi connectivity index (χ1n) is 5.55. The van der Waals surface area contributed by atoms with Gasteiger partial charge >= 0.3 is 0 Å². The minimum Gasteiger partial charge on any atom is -0.322 e. The molecule has 0 aromatic heterocycles. The van der Waals surface area contributed by atoms with E-state index in [0.29, 0.717) is 0 Å². The molecular weight excluding hydrogens is 323 g/mol. The summed E-state index contributed by atoms with van der Waals surface area (Å²) in [6.45, 7) is 3.16. The maximum absolute atomic E-state index is 11.9. The van der Waals surface area contributed by atoms with Gasteiger partial charge in [0.05, 0.1) is 28.5 Å². The van der Waals surface area contributed by atoms with Gasteiger partial charge in [0, 0.05) is 6.54 Å². The van der Waals surface area contributed by atoms with Gasteiger partial charge in [0.2, 0.25) is 15.9 Å². The lowest BCUT2D eigenvalue weighted by Crippen LogP contribution is -2.37. The number of benzene rings is 1. The van der Waals surface area contributed by atoms with Gasteiger partial charge in [0.15, 0.2) is 0 Å². The van der Waals surface area contributed by atoms with Crippen molar-refractivity contribution in [3.63, 3.8) is 0 Å². The maximum atomic E-state index is 11.9. The Kier molecular flexibility index (Phi) is 6.01. The van der Waals surface area contributed by atoms with Gasteiger partial charge in [-0.05, 0) is 12.1 Å². The fourth-order valence-corrected chi connectivity index (χ4v) is 2.64. The third-order valence-electron chi connectivity index (χ3n) is 2.35. The van der Waals surface area contributed by atoms with Crippen molar-refractivity contribution in [1.29, 1.82) is 0 Å². The molecule has 110 valence electrons. The number of anilines is 1.